The normalized spacial score (nSPS) is 10.6. The van der Waals surface area contributed by atoms with Gasteiger partial charge in [0.1, 0.15) is 5.82 Å². The molecule has 1 aromatic heterocycles. The van der Waals surface area contributed by atoms with Crippen molar-refractivity contribution in [3.05, 3.63) is 71.3 Å². The third-order valence-corrected chi connectivity index (χ3v) is 3.63. The molecule has 0 atom stereocenters. The van der Waals surface area contributed by atoms with Crippen LogP contribution in [0.1, 0.15) is 27.6 Å². The molecule has 0 aliphatic heterocycles. The van der Waals surface area contributed by atoms with Crippen LogP contribution in [-0.2, 0) is 0 Å². The van der Waals surface area contributed by atoms with E-state index in [0.29, 0.717) is 5.82 Å². The first kappa shape index (κ1) is 15.0. The summed E-state index contributed by atoms with van der Waals surface area (Å²) < 4.78 is 1.69. The molecular formula is C18H18N4O. The van der Waals surface area contributed by atoms with E-state index in [1.807, 2.05) is 69.3 Å². The first-order chi connectivity index (χ1) is 11.0. The highest BCUT2D eigenvalue weighted by molar-refractivity contribution is 6.01. The van der Waals surface area contributed by atoms with Crippen molar-refractivity contribution >= 4 is 11.6 Å². The van der Waals surface area contributed by atoms with Gasteiger partial charge >= 0.3 is 0 Å². The third-order valence-electron chi connectivity index (χ3n) is 3.63. The largest absolute Gasteiger partial charge is 0.319 e. The lowest BCUT2D eigenvalue weighted by Crippen LogP contribution is -2.14. The van der Waals surface area contributed by atoms with E-state index in [4.69, 9.17) is 0 Å². The smallest absolute Gasteiger partial charge is 0.295 e. The number of carbonyl (C=O) groups excluding carboxylic acids is 1. The quantitative estimate of drug-likeness (QED) is 0.806. The molecule has 2 aromatic carbocycles. The zero-order valence-electron chi connectivity index (χ0n) is 13.4. The van der Waals surface area contributed by atoms with Gasteiger partial charge in [-0.25, -0.2) is 9.67 Å². The van der Waals surface area contributed by atoms with Crippen LogP contribution in [0.15, 0.2) is 48.5 Å². The minimum atomic E-state index is -0.315. The average molecular weight is 306 g/mol. The molecule has 0 saturated heterocycles. The first-order valence-electron chi connectivity index (χ1n) is 7.42. The van der Waals surface area contributed by atoms with Crippen LogP contribution in [-0.4, -0.2) is 20.7 Å². The molecule has 0 saturated carbocycles. The molecule has 5 heteroatoms. The Morgan fingerprint density at radius 3 is 2.39 bits per heavy atom. The minimum Gasteiger partial charge on any atom is -0.319 e. The summed E-state index contributed by atoms with van der Waals surface area (Å²) in [6.07, 6.45) is 0. The number of rotatable bonds is 3. The molecule has 0 aliphatic carbocycles. The van der Waals surface area contributed by atoms with Gasteiger partial charge in [-0.1, -0.05) is 35.9 Å². The van der Waals surface area contributed by atoms with Crippen LogP contribution in [0, 0.1) is 20.8 Å². The third kappa shape index (κ3) is 3.13. The van der Waals surface area contributed by atoms with Gasteiger partial charge in [-0.15, -0.1) is 5.10 Å². The number of amides is 1. The Labute approximate surface area is 135 Å². The van der Waals surface area contributed by atoms with Crippen molar-refractivity contribution in [1.29, 1.82) is 0 Å². The maximum absolute atomic E-state index is 12.3. The van der Waals surface area contributed by atoms with E-state index in [1.165, 1.54) is 0 Å². The zero-order chi connectivity index (χ0) is 16.4. The van der Waals surface area contributed by atoms with E-state index in [0.717, 1.165) is 22.5 Å². The van der Waals surface area contributed by atoms with Gasteiger partial charge in [0, 0.05) is 5.69 Å². The molecule has 5 nitrogen and oxygen atoms in total. The molecule has 1 heterocycles. The fourth-order valence-electron chi connectivity index (χ4n) is 2.34. The molecule has 3 rings (SSSR count). The molecule has 116 valence electrons. The van der Waals surface area contributed by atoms with E-state index in [-0.39, 0.29) is 11.7 Å². The van der Waals surface area contributed by atoms with Crippen LogP contribution in [0.5, 0.6) is 0 Å². The second kappa shape index (κ2) is 6.04. The molecule has 0 fully saturated rings. The van der Waals surface area contributed by atoms with E-state index in [2.05, 4.69) is 15.4 Å². The van der Waals surface area contributed by atoms with Crippen LogP contribution in [0.4, 0.5) is 5.69 Å². The van der Waals surface area contributed by atoms with Gasteiger partial charge in [-0.05, 0) is 44.5 Å². The lowest BCUT2D eigenvalue weighted by atomic mass is 10.2. The van der Waals surface area contributed by atoms with Crippen LogP contribution in [0.3, 0.4) is 0 Å². The number of carbonyl (C=O) groups is 1. The predicted molar refractivity (Wildman–Crippen MR) is 90.0 cm³/mol. The summed E-state index contributed by atoms with van der Waals surface area (Å²) in [5, 5.41) is 7.16. The van der Waals surface area contributed by atoms with Gasteiger partial charge in [0.25, 0.3) is 5.91 Å². The Hall–Kier alpha value is -2.95. The summed E-state index contributed by atoms with van der Waals surface area (Å²) in [7, 11) is 0. The Bertz CT molecular complexity index is 850. The van der Waals surface area contributed by atoms with Crippen molar-refractivity contribution in [2.24, 2.45) is 0 Å². The highest BCUT2D eigenvalue weighted by Gasteiger charge is 2.16. The number of hydrogen-bond acceptors (Lipinski definition) is 3. The summed E-state index contributed by atoms with van der Waals surface area (Å²) in [5.41, 5.74) is 3.86. The van der Waals surface area contributed by atoms with E-state index in [1.54, 1.807) is 4.68 Å². The van der Waals surface area contributed by atoms with Gasteiger partial charge in [0.15, 0.2) is 0 Å². The van der Waals surface area contributed by atoms with Crippen LogP contribution < -0.4 is 5.32 Å². The summed E-state index contributed by atoms with van der Waals surface area (Å²) in [4.78, 5) is 16.6. The molecule has 0 spiro atoms. The lowest BCUT2D eigenvalue weighted by molar-refractivity contribution is 0.101. The van der Waals surface area contributed by atoms with E-state index in [9.17, 15) is 4.79 Å². The molecule has 23 heavy (non-hydrogen) atoms. The maximum Gasteiger partial charge on any atom is 0.295 e. The Morgan fingerprint density at radius 2 is 1.70 bits per heavy atom. The number of para-hydroxylation sites is 1. The number of benzene rings is 2. The maximum atomic E-state index is 12.3. The molecule has 0 radical (unpaired) electrons. The van der Waals surface area contributed by atoms with Crippen molar-refractivity contribution in [3.8, 4) is 5.69 Å². The molecule has 0 bridgehead atoms. The molecule has 1 amide bonds. The second-order valence-electron chi connectivity index (χ2n) is 5.50. The van der Waals surface area contributed by atoms with E-state index >= 15 is 0 Å². The van der Waals surface area contributed by atoms with Crippen LogP contribution >= 0.6 is 0 Å². The minimum absolute atomic E-state index is 0.159. The molecular weight excluding hydrogens is 288 g/mol. The number of hydrogen-bond donors (Lipinski definition) is 1. The van der Waals surface area contributed by atoms with Crippen molar-refractivity contribution in [3.63, 3.8) is 0 Å². The van der Waals surface area contributed by atoms with Crippen molar-refractivity contribution < 1.29 is 4.79 Å². The van der Waals surface area contributed by atoms with Crippen LogP contribution in [0.25, 0.3) is 5.69 Å². The Kier molecular flexibility index (Phi) is 3.93. The second-order valence-corrected chi connectivity index (χ2v) is 5.50. The summed E-state index contributed by atoms with van der Waals surface area (Å²) >= 11 is 0. The van der Waals surface area contributed by atoms with Gasteiger partial charge in [0.2, 0.25) is 5.82 Å². The number of aryl methyl sites for hydroxylation is 3. The van der Waals surface area contributed by atoms with E-state index < -0.39 is 0 Å². The Morgan fingerprint density at radius 1 is 1.00 bits per heavy atom. The van der Waals surface area contributed by atoms with Crippen molar-refractivity contribution in [2.45, 2.75) is 20.8 Å². The van der Waals surface area contributed by atoms with Crippen LogP contribution in [0.2, 0.25) is 0 Å². The summed E-state index contributed by atoms with van der Waals surface area (Å²) in [6, 6.07) is 15.5. The fraction of sp³-hybridized carbons (Fsp3) is 0.167. The SMILES string of the molecule is Cc1ccc(NC(=O)c2nc(C)n(-c3ccccc3C)n2)cc1. The number of aromatic nitrogens is 3. The lowest BCUT2D eigenvalue weighted by Gasteiger charge is -2.06. The number of nitrogens with one attached hydrogen (secondary N) is 1. The molecule has 1 N–H and O–H groups in total. The predicted octanol–water partition coefficient (Wildman–Crippen LogP) is 3.44. The fourth-order valence-corrected chi connectivity index (χ4v) is 2.34. The number of nitrogens with zero attached hydrogens (tertiary/aromatic N) is 3. The van der Waals surface area contributed by atoms with Gasteiger partial charge in [-0.3, -0.25) is 4.79 Å². The van der Waals surface area contributed by atoms with Crippen molar-refractivity contribution in [2.75, 3.05) is 5.32 Å². The summed E-state index contributed by atoms with van der Waals surface area (Å²) in [6.45, 7) is 5.84. The molecule has 3 aromatic rings. The highest BCUT2D eigenvalue weighted by Crippen LogP contribution is 2.15. The highest BCUT2D eigenvalue weighted by atomic mass is 16.2. The van der Waals surface area contributed by atoms with Crippen molar-refractivity contribution in [1.82, 2.24) is 14.8 Å². The molecule has 0 aliphatic rings. The van der Waals surface area contributed by atoms with Gasteiger partial charge < -0.3 is 5.32 Å². The zero-order valence-corrected chi connectivity index (χ0v) is 13.4. The van der Waals surface area contributed by atoms with Gasteiger partial charge in [0.05, 0.1) is 5.69 Å². The average Bonchev–Trinajstić information content (AvgIpc) is 2.92. The Balaban J connectivity index is 1.87. The summed E-state index contributed by atoms with van der Waals surface area (Å²) in [5.74, 6) is 0.518. The molecule has 0 unspecified atom stereocenters. The standard InChI is InChI=1S/C18H18N4O/c1-12-8-10-15(11-9-12)20-18(23)17-19-14(3)22(21-17)16-7-5-4-6-13(16)2/h4-11H,1-3H3,(H,20,23). The van der Waals surface area contributed by atoms with Gasteiger partial charge in [-0.2, -0.15) is 0 Å². The monoisotopic (exact) mass is 306 g/mol. The topological polar surface area (TPSA) is 59.8 Å². The number of anilines is 1. The first-order valence-corrected chi connectivity index (χ1v) is 7.42.